The molecule has 0 saturated carbocycles. The highest BCUT2D eigenvalue weighted by atomic mass is 16.5. The van der Waals surface area contributed by atoms with Crippen molar-refractivity contribution in [3.05, 3.63) is 132 Å². The fraction of sp³-hybridized carbons (Fsp3) is 0.167. The predicted octanol–water partition coefficient (Wildman–Crippen LogP) is 7.95. The molecule has 0 atom stereocenters. The Kier molecular flexibility index (Phi) is 9.38. The summed E-state index contributed by atoms with van der Waals surface area (Å²) in [4.78, 5) is 0. The van der Waals surface area contributed by atoms with Crippen LogP contribution in [0.1, 0.15) is 22.6 Å². The number of aromatic nitrogens is 2. The second-order valence-corrected chi connectivity index (χ2v) is 10.4. The van der Waals surface area contributed by atoms with Gasteiger partial charge in [-0.15, -0.1) is 0 Å². The third-order valence-electron chi connectivity index (χ3n) is 7.28. The third kappa shape index (κ3) is 7.90. The van der Waals surface area contributed by atoms with E-state index in [2.05, 4.69) is 20.9 Å². The first-order chi connectivity index (χ1) is 22.1. The second-order valence-electron chi connectivity index (χ2n) is 10.4. The van der Waals surface area contributed by atoms with Crippen molar-refractivity contribution in [1.29, 1.82) is 0 Å². The summed E-state index contributed by atoms with van der Waals surface area (Å²) in [6.07, 6.45) is 0. The maximum Gasteiger partial charge on any atom is 0.163 e. The second kappa shape index (κ2) is 14.3. The van der Waals surface area contributed by atoms with Crippen LogP contribution in [0, 0.1) is 0 Å². The van der Waals surface area contributed by atoms with Crippen LogP contribution >= 0.6 is 0 Å². The molecule has 2 aromatic heterocycles. The Morgan fingerprint density at radius 3 is 1.31 bits per heavy atom. The van der Waals surface area contributed by atoms with E-state index >= 15 is 0 Å². The molecule has 9 heteroatoms. The summed E-state index contributed by atoms with van der Waals surface area (Å²) in [5.41, 5.74) is 7.80. The van der Waals surface area contributed by atoms with Crippen LogP contribution in [0.4, 0.5) is 11.4 Å². The SMILES string of the molecule is COc1ccc(CNc2ccc(-c3cc(COCc4cc(-c5ccc(NCc6ccc(OC)cc6)cc5)no4)on3)cc2)cc1. The van der Waals surface area contributed by atoms with Crippen molar-refractivity contribution in [2.75, 3.05) is 24.9 Å². The summed E-state index contributed by atoms with van der Waals surface area (Å²) in [6.45, 7) is 1.97. The molecule has 0 fully saturated rings. The lowest BCUT2D eigenvalue weighted by molar-refractivity contribution is 0.0727. The van der Waals surface area contributed by atoms with Crippen LogP contribution in [0.2, 0.25) is 0 Å². The Hall–Kier alpha value is -5.54. The van der Waals surface area contributed by atoms with Crippen molar-refractivity contribution in [2.24, 2.45) is 0 Å². The monoisotopic (exact) mass is 602 g/mol. The first kappa shape index (κ1) is 29.5. The molecular formula is C36H34N4O5. The Labute approximate surface area is 261 Å². The molecule has 45 heavy (non-hydrogen) atoms. The van der Waals surface area contributed by atoms with E-state index in [4.69, 9.17) is 23.3 Å². The summed E-state index contributed by atoms with van der Waals surface area (Å²) in [7, 11) is 3.33. The lowest BCUT2D eigenvalue weighted by atomic mass is 10.1. The van der Waals surface area contributed by atoms with E-state index < -0.39 is 0 Å². The minimum absolute atomic E-state index is 0.263. The van der Waals surface area contributed by atoms with Crippen LogP contribution < -0.4 is 20.1 Å². The van der Waals surface area contributed by atoms with Gasteiger partial charge in [-0.3, -0.25) is 0 Å². The molecule has 6 aromatic rings. The number of benzene rings is 4. The lowest BCUT2D eigenvalue weighted by Crippen LogP contribution is -1.99. The van der Waals surface area contributed by atoms with Gasteiger partial charge in [0, 0.05) is 47.7 Å². The largest absolute Gasteiger partial charge is 0.497 e. The molecule has 0 aliphatic heterocycles. The molecule has 0 bridgehead atoms. The molecule has 0 unspecified atom stereocenters. The number of anilines is 2. The van der Waals surface area contributed by atoms with E-state index in [-0.39, 0.29) is 13.2 Å². The average Bonchev–Trinajstić information content (AvgIpc) is 3.78. The minimum Gasteiger partial charge on any atom is -0.497 e. The molecule has 0 spiro atoms. The van der Waals surface area contributed by atoms with Gasteiger partial charge in [-0.2, -0.15) is 0 Å². The highest BCUT2D eigenvalue weighted by molar-refractivity contribution is 5.63. The average molecular weight is 603 g/mol. The number of rotatable bonds is 14. The van der Waals surface area contributed by atoms with Crippen molar-refractivity contribution in [2.45, 2.75) is 26.3 Å². The lowest BCUT2D eigenvalue weighted by Gasteiger charge is -2.08. The summed E-state index contributed by atoms with van der Waals surface area (Å²) in [5, 5.41) is 15.3. The zero-order valence-corrected chi connectivity index (χ0v) is 25.2. The quantitative estimate of drug-likeness (QED) is 0.128. The highest BCUT2D eigenvalue weighted by Gasteiger charge is 2.10. The fourth-order valence-corrected chi connectivity index (χ4v) is 4.70. The molecular weight excluding hydrogens is 568 g/mol. The standard InChI is InChI=1S/C36H34N4O5/c1-41-31-15-3-25(4-16-31)21-37-29-11-7-27(8-12-29)35-19-33(44-39-35)23-43-24-34-20-36(40-45-34)28-9-13-30(14-10-28)38-22-26-5-17-32(42-2)18-6-26/h3-20,37-38H,21-24H2,1-2H3. The number of ether oxygens (including phenoxy) is 3. The smallest absolute Gasteiger partial charge is 0.163 e. The van der Waals surface area contributed by atoms with E-state index in [9.17, 15) is 0 Å². The van der Waals surface area contributed by atoms with Crippen LogP contribution in [0.25, 0.3) is 22.5 Å². The Morgan fingerprint density at radius 2 is 0.933 bits per heavy atom. The first-order valence-corrected chi connectivity index (χ1v) is 14.6. The van der Waals surface area contributed by atoms with E-state index in [0.717, 1.165) is 58.5 Å². The van der Waals surface area contributed by atoms with Gasteiger partial charge in [0.15, 0.2) is 11.5 Å². The Balaban J connectivity index is 0.948. The van der Waals surface area contributed by atoms with Crippen LogP contribution in [0.15, 0.2) is 118 Å². The van der Waals surface area contributed by atoms with Gasteiger partial charge < -0.3 is 33.9 Å². The van der Waals surface area contributed by atoms with Crippen LogP contribution in [-0.4, -0.2) is 24.5 Å². The maximum absolute atomic E-state index is 5.82. The minimum atomic E-state index is 0.263. The van der Waals surface area contributed by atoms with Crippen molar-refractivity contribution < 1.29 is 23.3 Å². The van der Waals surface area contributed by atoms with Crippen LogP contribution in [0.5, 0.6) is 11.5 Å². The number of nitrogens with zero attached hydrogens (tertiary/aromatic N) is 2. The summed E-state index contributed by atoms with van der Waals surface area (Å²) in [5.74, 6) is 2.95. The van der Waals surface area contributed by atoms with E-state index in [1.807, 2.05) is 109 Å². The molecule has 4 aromatic carbocycles. The molecule has 0 aliphatic rings. The van der Waals surface area contributed by atoms with Gasteiger partial charge in [0.2, 0.25) is 0 Å². The summed E-state index contributed by atoms with van der Waals surface area (Å²) < 4.78 is 27.2. The molecule has 0 radical (unpaired) electrons. The molecule has 9 nitrogen and oxygen atoms in total. The molecule has 0 aliphatic carbocycles. The van der Waals surface area contributed by atoms with Gasteiger partial charge in [-0.1, -0.05) is 58.8 Å². The Bertz CT molecular complexity index is 1640. The zero-order chi connectivity index (χ0) is 30.8. The van der Waals surface area contributed by atoms with E-state index in [1.54, 1.807) is 14.2 Å². The van der Waals surface area contributed by atoms with Crippen molar-refractivity contribution >= 4 is 11.4 Å². The highest BCUT2D eigenvalue weighted by Crippen LogP contribution is 2.24. The van der Waals surface area contributed by atoms with Crippen molar-refractivity contribution in [1.82, 2.24) is 10.3 Å². The van der Waals surface area contributed by atoms with Crippen LogP contribution in [0.3, 0.4) is 0 Å². The van der Waals surface area contributed by atoms with Gasteiger partial charge >= 0.3 is 0 Å². The van der Waals surface area contributed by atoms with Gasteiger partial charge in [0.05, 0.1) is 14.2 Å². The molecule has 0 saturated heterocycles. The van der Waals surface area contributed by atoms with Crippen LogP contribution in [-0.2, 0) is 31.0 Å². The van der Waals surface area contributed by atoms with Gasteiger partial charge in [0.25, 0.3) is 0 Å². The topological polar surface area (TPSA) is 104 Å². The van der Waals surface area contributed by atoms with Gasteiger partial charge in [-0.25, -0.2) is 0 Å². The summed E-state index contributed by atoms with van der Waals surface area (Å²) in [6, 6.07) is 35.9. The Morgan fingerprint density at radius 1 is 0.533 bits per heavy atom. The van der Waals surface area contributed by atoms with Crippen molar-refractivity contribution in [3.63, 3.8) is 0 Å². The predicted molar refractivity (Wildman–Crippen MR) is 173 cm³/mol. The molecule has 228 valence electrons. The molecule has 0 amide bonds. The third-order valence-corrected chi connectivity index (χ3v) is 7.28. The van der Waals surface area contributed by atoms with E-state index in [0.29, 0.717) is 11.5 Å². The maximum atomic E-state index is 5.82. The van der Waals surface area contributed by atoms with Crippen molar-refractivity contribution in [3.8, 4) is 34.0 Å². The van der Waals surface area contributed by atoms with Gasteiger partial charge in [0.1, 0.15) is 36.1 Å². The summed E-state index contributed by atoms with van der Waals surface area (Å²) >= 11 is 0. The first-order valence-electron chi connectivity index (χ1n) is 14.6. The zero-order valence-electron chi connectivity index (χ0n) is 25.2. The number of methoxy groups -OCH3 is 2. The molecule has 6 rings (SSSR count). The number of hydrogen-bond acceptors (Lipinski definition) is 9. The van der Waals surface area contributed by atoms with Gasteiger partial charge in [-0.05, 0) is 59.7 Å². The number of hydrogen-bond donors (Lipinski definition) is 2. The number of nitrogens with one attached hydrogen (secondary N) is 2. The fourth-order valence-electron chi connectivity index (χ4n) is 4.70. The normalized spacial score (nSPS) is 10.9. The molecule has 2 N–H and O–H groups in total. The molecule has 2 heterocycles. The van der Waals surface area contributed by atoms with E-state index in [1.165, 1.54) is 11.1 Å².